The van der Waals surface area contributed by atoms with E-state index in [0.29, 0.717) is 18.8 Å². The number of nitrogens with zero attached hydrogens (tertiary/aromatic N) is 2. The van der Waals surface area contributed by atoms with Crippen molar-refractivity contribution in [1.29, 1.82) is 0 Å². The van der Waals surface area contributed by atoms with E-state index >= 15 is 0 Å². The average molecular weight is 302 g/mol. The number of carbonyl (C=O) groups is 1. The van der Waals surface area contributed by atoms with Gasteiger partial charge in [-0.3, -0.25) is 14.9 Å². The van der Waals surface area contributed by atoms with E-state index in [1.807, 2.05) is 0 Å². The molecule has 0 atom stereocenters. The van der Waals surface area contributed by atoms with Crippen LogP contribution in [0.25, 0.3) is 0 Å². The fraction of sp³-hybridized carbons (Fsp3) is 0.500. The van der Waals surface area contributed by atoms with Gasteiger partial charge in [0.15, 0.2) is 0 Å². The molecule has 1 rings (SSSR count). The lowest BCUT2D eigenvalue weighted by atomic mass is 10.1. The first-order valence-electron chi connectivity index (χ1n) is 6.26. The third-order valence-corrected chi connectivity index (χ3v) is 2.94. The maximum atomic E-state index is 10.5. The Morgan fingerprint density at radius 2 is 2.10 bits per heavy atom. The summed E-state index contributed by atoms with van der Waals surface area (Å²) in [5.41, 5.74) is -0.144. The van der Waals surface area contributed by atoms with E-state index in [1.54, 1.807) is 0 Å². The number of nitrogens with one attached hydrogen (secondary N) is 1. The van der Waals surface area contributed by atoms with Gasteiger partial charge < -0.3 is 10.4 Å². The van der Waals surface area contributed by atoms with Gasteiger partial charge in [-0.05, 0) is 12.8 Å². The molecule has 8 heteroatoms. The molecule has 0 aliphatic carbocycles. The van der Waals surface area contributed by atoms with E-state index in [-0.39, 0.29) is 17.1 Å². The van der Waals surface area contributed by atoms with Crippen LogP contribution in [-0.2, 0) is 4.79 Å². The summed E-state index contributed by atoms with van der Waals surface area (Å²) in [4.78, 5) is 24.2. The highest BCUT2D eigenvalue weighted by Crippen LogP contribution is 2.23. The zero-order valence-electron chi connectivity index (χ0n) is 10.8. The van der Waals surface area contributed by atoms with E-state index in [0.717, 1.165) is 25.5 Å². The highest BCUT2D eigenvalue weighted by molar-refractivity contribution is 6.33. The third kappa shape index (κ3) is 5.83. The molecule has 1 aromatic heterocycles. The lowest BCUT2D eigenvalue weighted by molar-refractivity contribution is -0.385. The van der Waals surface area contributed by atoms with Crippen LogP contribution in [0.1, 0.15) is 32.1 Å². The maximum Gasteiger partial charge on any atom is 0.303 e. The molecule has 0 saturated carbocycles. The van der Waals surface area contributed by atoms with Crippen LogP contribution >= 0.6 is 11.6 Å². The molecule has 0 fully saturated rings. The molecule has 110 valence electrons. The smallest absolute Gasteiger partial charge is 0.303 e. The summed E-state index contributed by atoms with van der Waals surface area (Å²) in [7, 11) is 0. The number of halogens is 1. The molecule has 0 bridgehead atoms. The van der Waals surface area contributed by atoms with Crippen LogP contribution in [0.5, 0.6) is 0 Å². The monoisotopic (exact) mass is 301 g/mol. The lowest BCUT2D eigenvalue weighted by Gasteiger charge is -2.06. The molecule has 0 aliphatic rings. The van der Waals surface area contributed by atoms with Crippen LogP contribution in [0.15, 0.2) is 12.3 Å². The van der Waals surface area contributed by atoms with Crippen molar-refractivity contribution in [3.8, 4) is 0 Å². The lowest BCUT2D eigenvalue weighted by Crippen LogP contribution is -2.04. The van der Waals surface area contributed by atoms with Crippen molar-refractivity contribution in [3.05, 3.63) is 27.4 Å². The van der Waals surface area contributed by atoms with Crippen molar-refractivity contribution in [3.63, 3.8) is 0 Å². The Morgan fingerprint density at radius 3 is 2.70 bits per heavy atom. The van der Waals surface area contributed by atoms with E-state index in [4.69, 9.17) is 16.7 Å². The predicted molar refractivity (Wildman–Crippen MR) is 75.1 cm³/mol. The van der Waals surface area contributed by atoms with E-state index < -0.39 is 10.9 Å². The molecule has 2 N–H and O–H groups in total. The number of rotatable bonds is 9. The van der Waals surface area contributed by atoms with Gasteiger partial charge in [0.05, 0.1) is 9.95 Å². The van der Waals surface area contributed by atoms with Gasteiger partial charge in [-0.2, -0.15) is 0 Å². The number of carboxylic acids is 1. The number of hydrogen-bond acceptors (Lipinski definition) is 5. The number of nitro groups is 1. The summed E-state index contributed by atoms with van der Waals surface area (Å²) in [6.07, 6.45) is 4.64. The number of carboxylic acid groups (broad SMARTS) is 1. The van der Waals surface area contributed by atoms with Gasteiger partial charge in [-0.25, -0.2) is 4.98 Å². The first-order valence-corrected chi connectivity index (χ1v) is 6.64. The quantitative estimate of drug-likeness (QED) is 0.412. The zero-order valence-corrected chi connectivity index (χ0v) is 11.6. The van der Waals surface area contributed by atoms with Gasteiger partial charge in [-0.1, -0.05) is 24.4 Å². The summed E-state index contributed by atoms with van der Waals surface area (Å²) < 4.78 is 0. The average Bonchev–Trinajstić information content (AvgIpc) is 2.38. The van der Waals surface area contributed by atoms with Crippen LogP contribution in [0, 0.1) is 10.1 Å². The van der Waals surface area contributed by atoms with Crippen LogP contribution in [0.3, 0.4) is 0 Å². The normalized spacial score (nSPS) is 10.2. The van der Waals surface area contributed by atoms with Gasteiger partial charge >= 0.3 is 5.97 Å². The van der Waals surface area contributed by atoms with Gasteiger partial charge in [0.25, 0.3) is 5.69 Å². The second-order valence-electron chi connectivity index (χ2n) is 4.27. The Labute approximate surface area is 121 Å². The fourth-order valence-electron chi connectivity index (χ4n) is 1.62. The Kier molecular flexibility index (Phi) is 6.72. The van der Waals surface area contributed by atoms with E-state index in [2.05, 4.69) is 10.3 Å². The summed E-state index contributed by atoms with van der Waals surface area (Å²) >= 11 is 5.88. The standard InChI is InChI=1S/C12H16ClN3O4/c13-10-7-9(16(19)20)8-15-12(10)14-6-4-2-1-3-5-11(17)18/h7-8H,1-6H2,(H,14,15)(H,17,18). The van der Waals surface area contributed by atoms with Crippen LogP contribution in [0.4, 0.5) is 11.5 Å². The number of anilines is 1. The van der Waals surface area contributed by atoms with Crippen molar-refractivity contribution < 1.29 is 14.8 Å². The Morgan fingerprint density at radius 1 is 1.40 bits per heavy atom. The van der Waals surface area contributed by atoms with Gasteiger partial charge in [0, 0.05) is 19.0 Å². The molecule has 0 radical (unpaired) electrons. The minimum atomic E-state index is -0.773. The van der Waals surface area contributed by atoms with E-state index in [1.165, 1.54) is 6.07 Å². The Hall–Kier alpha value is -1.89. The second kappa shape index (κ2) is 8.31. The molecule has 20 heavy (non-hydrogen) atoms. The number of aliphatic carboxylic acids is 1. The van der Waals surface area contributed by atoms with Crippen molar-refractivity contribution in [1.82, 2.24) is 4.98 Å². The van der Waals surface area contributed by atoms with Gasteiger partial charge in [0.1, 0.15) is 12.0 Å². The fourth-order valence-corrected chi connectivity index (χ4v) is 1.85. The molecule has 7 nitrogen and oxygen atoms in total. The summed E-state index contributed by atoms with van der Waals surface area (Å²) in [6, 6.07) is 1.25. The molecule has 1 aromatic rings. The highest BCUT2D eigenvalue weighted by atomic mass is 35.5. The largest absolute Gasteiger partial charge is 0.481 e. The van der Waals surface area contributed by atoms with Crippen LogP contribution < -0.4 is 5.32 Å². The van der Waals surface area contributed by atoms with Crippen LogP contribution in [0.2, 0.25) is 5.02 Å². The topological polar surface area (TPSA) is 105 Å². The van der Waals surface area contributed by atoms with Crippen LogP contribution in [-0.4, -0.2) is 27.5 Å². The Balaban J connectivity index is 2.25. The molecular formula is C12H16ClN3O4. The predicted octanol–water partition coefficient (Wildman–Crippen LogP) is 3.09. The SMILES string of the molecule is O=C(O)CCCCCCNc1ncc([N+](=O)[O-])cc1Cl. The van der Waals surface area contributed by atoms with Crippen molar-refractivity contribution in [2.45, 2.75) is 32.1 Å². The third-order valence-electron chi connectivity index (χ3n) is 2.65. The molecular weight excluding hydrogens is 286 g/mol. The minimum absolute atomic E-state index is 0.144. The molecule has 1 heterocycles. The molecule has 0 saturated heterocycles. The summed E-state index contributed by atoms with van der Waals surface area (Å²) in [5.74, 6) is -0.354. The second-order valence-corrected chi connectivity index (χ2v) is 4.67. The molecule has 0 aliphatic heterocycles. The zero-order chi connectivity index (χ0) is 15.0. The van der Waals surface area contributed by atoms with Gasteiger partial charge in [0.2, 0.25) is 0 Å². The van der Waals surface area contributed by atoms with Crippen molar-refractivity contribution >= 4 is 29.1 Å². The van der Waals surface area contributed by atoms with Gasteiger partial charge in [-0.15, -0.1) is 0 Å². The molecule has 0 aromatic carbocycles. The number of pyridine rings is 1. The number of unbranched alkanes of at least 4 members (excludes halogenated alkanes) is 3. The first-order chi connectivity index (χ1) is 9.50. The Bertz CT molecular complexity index is 482. The molecule has 0 unspecified atom stereocenters. The van der Waals surface area contributed by atoms with Crippen molar-refractivity contribution in [2.75, 3.05) is 11.9 Å². The maximum absolute atomic E-state index is 10.5. The minimum Gasteiger partial charge on any atom is -0.481 e. The highest BCUT2D eigenvalue weighted by Gasteiger charge is 2.10. The van der Waals surface area contributed by atoms with Crippen molar-refractivity contribution in [2.24, 2.45) is 0 Å². The molecule has 0 amide bonds. The number of hydrogen-bond donors (Lipinski definition) is 2. The van der Waals surface area contributed by atoms with E-state index in [9.17, 15) is 14.9 Å². The first kappa shape index (κ1) is 16.2. The summed E-state index contributed by atoms with van der Waals surface area (Å²) in [5, 5.41) is 22.2. The number of aromatic nitrogens is 1. The molecule has 0 spiro atoms. The summed E-state index contributed by atoms with van der Waals surface area (Å²) in [6.45, 7) is 0.637.